The molecule has 0 saturated carbocycles. The average Bonchev–Trinajstić information content (AvgIpc) is 1.48. The van der Waals surface area contributed by atoms with Crippen LogP contribution in [0.5, 0.6) is 0 Å². The molecule has 0 fully saturated rings. The molecule has 11 aromatic carbocycles. The summed E-state index contributed by atoms with van der Waals surface area (Å²) < 4.78 is 216. The molecular formula is C68H47N. The summed E-state index contributed by atoms with van der Waals surface area (Å²) in [5.74, 6) is 0. The molecule has 11 aromatic rings. The van der Waals surface area contributed by atoms with Gasteiger partial charge in [0, 0.05) is 30.7 Å². The fourth-order valence-corrected chi connectivity index (χ4v) is 10.9. The van der Waals surface area contributed by atoms with Crippen LogP contribution in [0.15, 0.2) is 248 Å². The fourth-order valence-electron chi connectivity index (χ4n) is 10.9. The molecule has 3 aliphatic rings. The molecule has 1 heteroatoms. The van der Waals surface area contributed by atoms with E-state index in [1.54, 1.807) is 17.0 Å². The second-order valence-corrected chi connectivity index (χ2v) is 17.3. The minimum atomic E-state index is -3.87. The van der Waals surface area contributed by atoms with Crippen molar-refractivity contribution in [1.29, 1.82) is 0 Å². The topological polar surface area (TPSA) is 3.24 Å². The Balaban J connectivity index is 1.09. The highest BCUT2D eigenvalue weighted by Crippen LogP contribution is 2.63. The lowest BCUT2D eigenvalue weighted by molar-refractivity contribution is 0.660. The summed E-state index contributed by atoms with van der Waals surface area (Å²) in [5, 5.41) is -1.47. The minimum Gasteiger partial charge on any atom is -0.310 e. The number of fused-ring (bicyclic) bond motifs is 14. The van der Waals surface area contributed by atoms with Crippen molar-refractivity contribution >= 4 is 27.8 Å². The van der Waals surface area contributed by atoms with Crippen LogP contribution in [0.25, 0.3) is 77.5 Å². The van der Waals surface area contributed by atoms with Crippen molar-refractivity contribution in [2.45, 2.75) is 24.5 Å². The average molecular weight is 901 g/mol. The Hall–Kier alpha value is -8.52. The van der Waals surface area contributed by atoms with E-state index < -0.39 is 183 Å². The number of hydrogen-bond donors (Lipinski definition) is 0. The van der Waals surface area contributed by atoms with Crippen LogP contribution in [0.1, 0.15) is 78.6 Å². The van der Waals surface area contributed by atoms with Gasteiger partial charge in [0.1, 0.15) is 0 Å². The van der Waals surface area contributed by atoms with Gasteiger partial charge < -0.3 is 4.90 Å². The van der Waals surface area contributed by atoms with Gasteiger partial charge in [-0.15, -0.1) is 0 Å². The maximum atomic E-state index is 10.2. The third-order valence-electron chi connectivity index (χ3n) is 13.8. The van der Waals surface area contributed by atoms with Crippen LogP contribution in [-0.4, -0.2) is 0 Å². The van der Waals surface area contributed by atoms with Crippen LogP contribution < -0.4 is 4.90 Å². The van der Waals surface area contributed by atoms with E-state index in [1.165, 1.54) is 0 Å². The smallest absolute Gasteiger partial charge is 0.0726 e. The molecule has 0 aliphatic heterocycles. The second-order valence-electron chi connectivity index (χ2n) is 17.3. The van der Waals surface area contributed by atoms with Gasteiger partial charge in [0.15, 0.2) is 0 Å². The summed E-state index contributed by atoms with van der Waals surface area (Å²) in [4.78, 5) is 1.57. The number of nitrogens with zero attached hydrogens (tertiary/aromatic N) is 1. The predicted molar refractivity (Wildman–Crippen MR) is 289 cm³/mol. The molecule has 0 aromatic heterocycles. The molecule has 324 valence electrons. The Morgan fingerprint density at radius 2 is 0.928 bits per heavy atom. The van der Waals surface area contributed by atoms with Crippen LogP contribution in [0, 0.1) is 0 Å². The zero-order chi connectivity index (χ0) is 65.6. The molecule has 0 atom stereocenters. The van der Waals surface area contributed by atoms with Crippen molar-refractivity contribution in [3.05, 3.63) is 282 Å². The first kappa shape index (κ1) is 23.0. The minimum absolute atomic E-state index is 0.332. The van der Waals surface area contributed by atoms with Crippen LogP contribution in [0.3, 0.4) is 0 Å². The molecule has 3 aliphatic carbocycles. The summed E-state index contributed by atoms with van der Waals surface area (Å²) in [6.45, 7) is -7.75. The van der Waals surface area contributed by atoms with E-state index in [4.69, 9.17) is 17.8 Å². The van der Waals surface area contributed by atoms with Crippen molar-refractivity contribution < 1.29 is 31.5 Å². The highest BCUT2D eigenvalue weighted by Gasteiger charge is 2.51. The van der Waals surface area contributed by atoms with Crippen LogP contribution in [-0.2, 0) is 10.8 Å². The first-order chi connectivity index (χ1) is 43.6. The van der Waals surface area contributed by atoms with Crippen molar-refractivity contribution in [2.24, 2.45) is 0 Å². The van der Waals surface area contributed by atoms with E-state index in [0.717, 1.165) is 55.6 Å². The largest absolute Gasteiger partial charge is 0.310 e. The van der Waals surface area contributed by atoms with E-state index >= 15 is 0 Å². The summed E-state index contributed by atoms with van der Waals surface area (Å²) in [5.41, 5.74) is -1.87. The Morgan fingerprint density at radius 1 is 0.362 bits per heavy atom. The van der Waals surface area contributed by atoms with E-state index in [2.05, 4.69) is 36.4 Å². The first-order valence-electron chi connectivity index (χ1n) is 33.9. The summed E-state index contributed by atoms with van der Waals surface area (Å²) in [7, 11) is 0. The Kier molecular flexibility index (Phi) is 4.99. The Morgan fingerprint density at radius 3 is 1.64 bits per heavy atom. The molecule has 0 heterocycles. The molecule has 1 nitrogen and oxygen atoms in total. The summed E-state index contributed by atoms with van der Waals surface area (Å²) >= 11 is 0. The SMILES string of the molecule is [2H]c1c([2H])c([2H])c2c(c1[2H])-c1c([2H])c([2H])c(-c3c(-c4c([2H])c([2H])c(N(c5ccc(-c6ccccc6)cc5)c5ccc6c(c5)C5(c7ccccc7-c7ccccc75)c5ccccc5-6)c([2H])c4[2H])c([2H])c([2H])c4c([2H])c([2H])c([2H])c([2H])c34)c([2H])c1C2(C([2H])([2H])[2H])C([2H])([2H])[2H]. The third kappa shape index (κ3) is 5.71. The number of hydrogen-bond acceptors (Lipinski definition) is 1. The van der Waals surface area contributed by atoms with Gasteiger partial charge in [-0.3, -0.25) is 0 Å². The zero-order valence-electron chi connectivity index (χ0n) is 59.3. The van der Waals surface area contributed by atoms with E-state index in [0.29, 0.717) is 11.4 Å². The first-order valence-corrected chi connectivity index (χ1v) is 22.4. The highest BCUT2D eigenvalue weighted by molar-refractivity contribution is 6.05. The molecule has 0 bridgehead atoms. The molecule has 0 unspecified atom stereocenters. The number of benzene rings is 11. The lowest BCUT2D eigenvalue weighted by Crippen LogP contribution is -2.26. The lowest BCUT2D eigenvalue weighted by Gasteiger charge is -2.32. The maximum Gasteiger partial charge on any atom is 0.0726 e. The van der Waals surface area contributed by atoms with E-state index in [9.17, 15) is 13.7 Å². The molecule has 0 saturated heterocycles. The molecule has 69 heavy (non-hydrogen) atoms. The van der Waals surface area contributed by atoms with Crippen LogP contribution >= 0.6 is 0 Å². The van der Waals surface area contributed by atoms with Crippen LogP contribution in [0.4, 0.5) is 17.1 Å². The van der Waals surface area contributed by atoms with Gasteiger partial charge in [0.05, 0.1) is 28.7 Å². The molecule has 0 radical (unpaired) electrons. The van der Waals surface area contributed by atoms with Crippen molar-refractivity contribution in [3.63, 3.8) is 0 Å². The number of anilines is 3. The predicted octanol–water partition coefficient (Wildman–Crippen LogP) is 18.0. The van der Waals surface area contributed by atoms with Gasteiger partial charge in [0.25, 0.3) is 0 Å². The van der Waals surface area contributed by atoms with Gasteiger partial charge in [-0.25, -0.2) is 0 Å². The monoisotopic (exact) mass is 901 g/mol. The standard InChI is InChI=1S/C68H47N/c1-67(2)60-24-12-8-20-54(60)58-40-33-48(42-64(58)67)66-52-19-7-6-18-46(52)32-39-53(66)47-30-36-50(37-31-47)69(49-34-28-45(29-35-49)44-16-4-3-5-17-44)51-38-41-59-57-23-11-15-27-63(57)68(65(59)43-51)61-25-13-9-21-55(61)56-22-10-14-26-62(56)68/h3-43H,1-2H3/i1D3,2D3,6D,7D,8D,12D,18D,19D,20D,24D,30D,31D,32D,33D,36D,37D,39D,40D,42D. The van der Waals surface area contributed by atoms with E-state index in [1.807, 2.05) is 97.1 Å². The Labute approximate surface area is 436 Å². The van der Waals surface area contributed by atoms with Gasteiger partial charge in [0.2, 0.25) is 0 Å². The molecule has 0 amide bonds. The second kappa shape index (κ2) is 15.0. The summed E-state index contributed by atoms with van der Waals surface area (Å²) in [6, 6.07) is 30.2. The normalized spacial score (nSPS) is 19.0. The molecular weight excluding hydrogens is 831 g/mol. The Bertz CT molecular complexity index is 5000. The highest BCUT2D eigenvalue weighted by atomic mass is 15.1. The zero-order valence-corrected chi connectivity index (χ0v) is 36.3. The summed E-state index contributed by atoms with van der Waals surface area (Å²) in [6.07, 6.45) is 0. The number of rotatable bonds is 6. The van der Waals surface area contributed by atoms with E-state index in [-0.39, 0.29) is 5.69 Å². The fraction of sp³-hybridized carbons (Fsp3) is 0.0588. The van der Waals surface area contributed by atoms with Gasteiger partial charge in [-0.1, -0.05) is 220 Å². The molecule has 0 N–H and O–H groups in total. The molecule has 1 spiro atoms. The van der Waals surface area contributed by atoms with Crippen LogP contribution in [0.2, 0.25) is 0 Å². The third-order valence-corrected chi connectivity index (χ3v) is 13.8. The van der Waals surface area contributed by atoms with Crippen molar-refractivity contribution in [2.75, 3.05) is 4.90 Å². The lowest BCUT2D eigenvalue weighted by atomic mass is 9.70. The van der Waals surface area contributed by atoms with Gasteiger partial charge in [-0.05, 0) is 153 Å². The van der Waals surface area contributed by atoms with Gasteiger partial charge >= 0.3 is 0 Å². The van der Waals surface area contributed by atoms with Crippen molar-refractivity contribution in [1.82, 2.24) is 0 Å². The van der Waals surface area contributed by atoms with Crippen molar-refractivity contribution in [3.8, 4) is 66.8 Å². The van der Waals surface area contributed by atoms with Gasteiger partial charge in [-0.2, -0.15) is 0 Å². The molecule has 14 rings (SSSR count). The quantitative estimate of drug-likeness (QED) is 0.161. The maximum absolute atomic E-state index is 10.2.